The van der Waals surface area contributed by atoms with Crippen molar-refractivity contribution in [3.05, 3.63) is 39.4 Å². The second-order valence-corrected chi connectivity index (χ2v) is 6.64. The van der Waals surface area contributed by atoms with E-state index in [1.807, 2.05) is 0 Å². The number of hydrogen-bond donors (Lipinski definition) is 3. The molecule has 9 heteroatoms. The number of fused-ring (bicyclic) bond motifs is 2. The van der Waals surface area contributed by atoms with E-state index in [0.29, 0.717) is 18.5 Å². The molecule has 2 aromatic carbocycles. The van der Waals surface area contributed by atoms with Gasteiger partial charge in [0.1, 0.15) is 17.1 Å². The highest BCUT2D eigenvalue weighted by Crippen LogP contribution is 2.50. The molecule has 0 radical (unpaired) electrons. The van der Waals surface area contributed by atoms with Crippen LogP contribution in [0.3, 0.4) is 0 Å². The monoisotopic (exact) mass is 415 g/mol. The highest BCUT2D eigenvalue weighted by molar-refractivity contribution is 6.03. The van der Waals surface area contributed by atoms with Crippen LogP contribution in [-0.2, 0) is 11.3 Å². The van der Waals surface area contributed by atoms with Crippen molar-refractivity contribution in [1.82, 2.24) is 5.32 Å². The van der Waals surface area contributed by atoms with Crippen LogP contribution in [0.1, 0.15) is 54.7 Å². The lowest BCUT2D eigenvalue weighted by atomic mass is 9.99. The van der Waals surface area contributed by atoms with Crippen LogP contribution in [0.4, 0.5) is 0 Å². The van der Waals surface area contributed by atoms with Gasteiger partial charge in [0.2, 0.25) is 0 Å². The lowest BCUT2D eigenvalue weighted by Crippen LogP contribution is -2.20. The fourth-order valence-electron chi connectivity index (χ4n) is 3.33. The third kappa shape index (κ3) is 3.22. The molecule has 0 unspecified atom stereocenters. The molecule has 2 aromatic rings. The molecule has 1 heterocycles. The molecule has 1 aliphatic heterocycles. The molecule has 0 saturated carbocycles. The van der Waals surface area contributed by atoms with Crippen LogP contribution >= 0.6 is 0 Å². The van der Waals surface area contributed by atoms with Gasteiger partial charge in [0.25, 0.3) is 5.91 Å². The van der Waals surface area contributed by atoms with Crippen molar-refractivity contribution in [3.8, 4) is 28.7 Å². The molecule has 3 rings (SSSR count). The Kier molecular flexibility index (Phi) is 5.66. The summed E-state index contributed by atoms with van der Waals surface area (Å²) in [5, 5.41) is 23.4. The molecule has 1 amide bonds. The largest absolute Gasteiger partial charge is 0.507 e. The molecule has 0 aliphatic carbocycles. The Morgan fingerprint density at radius 2 is 1.90 bits per heavy atom. The van der Waals surface area contributed by atoms with Gasteiger partial charge in [0.05, 0.1) is 23.3 Å². The summed E-state index contributed by atoms with van der Waals surface area (Å²) in [5.74, 6) is -2.55. The first-order chi connectivity index (χ1) is 14.3. The molecular weight excluding hydrogens is 394 g/mol. The van der Waals surface area contributed by atoms with Crippen LogP contribution < -0.4 is 14.8 Å². The zero-order valence-corrected chi connectivity index (χ0v) is 16.9. The third-order valence-corrected chi connectivity index (χ3v) is 4.84. The summed E-state index contributed by atoms with van der Waals surface area (Å²) in [5.41, 5.74) is 0.183. The average Bonchev–Trinajstić information content (AvgIpc) is 2.85. The van der Waals surface area contributed by atoms with Gasteiger partial charge in [-0.1, -0.05) is 0 Å². The van der Waals surface area contributed by atoms with E-state index in [4.69, 9.17) is 14.2 Å². The smallest absolute Gasteiger partial charge is 0.347 e. The number of hydrogen-bond acceptors (Lipinski definition) is 8. The van der Waals surface area contributed by atoms with Crippen LogP contribution in [0.15, 0.2) is 6.07 Å². The number of esters is 1. The van der Waals surface area contributed by atoms with Gasteiger partial charge in [-0.05, 0) is 32.4 Å². The summed E-state index contributed by atoms with van der Waals surface area (Å²) >= 11 is 0. The first-order valence-corrected chi connectivity index (χ1v) is 9.16. The van der Waals surface area contributed by atoms with Crippen molar-refractivity contribution in [2.45, 2.75) is 27.4 Å². The number of amides is 1. The second-order valence-electron chi connectivity index (χ2n) is 6.64. The maximum atomic E-state index is 12.9. The third-order valence-electron chi connectivity index (χ3n) is 4.84. The molecule has 1 aliphatic rings. The molecule has 30 heavy (non-hydrogen) atoms. The van der Waals surface area contributed by atoms with Crippen LogP contribution in [0.5, 0.6) is 28.7 Å². The van der Waals surface area contributed by atoms with E-state index in [9.17, 15) is 24.6 Å². The molecule has 0 spiro atoms. The van der Waals surface area contributed by atoms with E-state index in [2.05, 4.69) is 5.32 Å². The van der Waals surface area contributed by atoms with Crippen molar-refractivity contribution in [2.24, 2.45) is 0 Å². The Balaban J connectivity index is 2.38. The van der Waals surface area contributed by atoms with E-state index in [0.717, 1.165) is 0 Å². The van der Waals surface area contributed by atoms with Crippen molar-refractivity contribution < 1.29 is 38.8 Å². The van der Waals surface area contributed by atoms with Gasteiger partial charge < -0.3 is 29.7 Å². The van der Waals surface area contributed by atoms with Crippen LogP contribution in [0.2, 0.25) is 0 Å². The van der Waals surface area contributed by atoms with Gasteiger partial charge >= 0.3 is 5.97 Å². The Hall–Kier alpha value is -3.59. The number of ether oxygens (including phenoxy) is 3. The predicted octanol–water partition coefficient (Wildman–Crippen LogP) is 2.75. The molecule has 0 bridgehead atoms. The summed E-state index contributed by atoms with van der Waals surface area (Å²) in [6, 6.07) is 1.25. The van der Waals surface area contributed by atoms with E-state index in [1.165, 1.54) is 20.0 Å². The number of aromatic hydroxyl groups is 2. The van der Waals surface area contributed by atoms with Crippen molar-refractivity contribution >= 4 is 18.2 Å². The number of nitrogens with one attached hydrogen (secondary N) is 1. The molecule has 3 N–H and O–H groups in total. The minimum atomic E-state index is -0.839. The maximum absolute atomic E-state index is 12.9. The average molecular weight is 415 g/mol. The summed E-state index contributed by atoms with van der Waals surface area (Å²) < 4.78 is 16.8. The number of benzene rings is 2. The van der Waals surface area contributed by atoms with Crippen molar-refractivity contribution in [2.75, 3.05) is 13.7 Å². The van der Waals surface area contributed by atoms with Gasteiger partial charge in [0.15, 0.2) is 23.5 Å². The van der Waals surface area contributed by atoms with Crippen molar-refractivity contribution in [1.29, 1.82) is 0 Å². The zero-order chi connectivity index (χ0) is 22.2. The summed E-state index contributed by atoms with van der Waals surface area (Å²) in [6.07, 6.45) is 0.363. The fourth-order valence-corrected chi connectivity index (χ4v) is 3.33. The van der Waals surface area contributed by atoms with E-state index < -0.39 is 17.6 Å². The minimum Gasteiger partial charge on any atom is -0.507 e. The number of phenols is 2. The quantitative estimate of drug-likeness (QED) is 0.386. The Labute approximate surface area is 172 Å². The number of rotatable bonds is 5. The van der Waals surface area contributed by atoms with Gasteiger partial charge in [0, 0.05) is 19.2 Å². The molecule has 0 aromatic heterocycles. The Morgan fingerprint density at radius 1 is 1.20 bits per heavy atom. The van der Waals surface area contributed by atoms with Gasteiger partial charge in [-0.25, -0.2) is 4.79 Å². The van der Waals surface area contributed by atoms with Gasteiger partial charge in [-0.3, -0.25) is 9.59 Å². The fraction of sp³-hybridized carbons (Fsp3) is 0.286. The summed E-state index contributed by atoms with van der Waals surface area (Å²) in [7, 11) is 1.40. The topological polar surface area (TPSA) is 131 Å². The second kappa shape index (κ2) is 8.03. The first-order valence-electron chi connectivity index (χ1n) is 9.16. The predicted molar refractivity (Wildman–Crippen MR) is 105 cm³/mol. The summed E-state index contributed by atoms with van der Waals surface area (Å²) in [6.45, 7) is 4.93. The highest BCUT2D eigenvalue weighted by Gasteiger charge is 2.35. The molecule has 0 fully saturated rings. The highest BCUT2D eigenvalue weighted by atomic mass is 16.6. The SMILES string of the molecule is CCOCc1c(O)c(C(=O)NC)c(C)c2c1OC(=O)c1c(C)cc(O)c(C=O)c1O2. The summed E-state index contributed by atoms with van der Waals surface area (Å²) in [4.78, 5) is 36.9. The molecule has 9 nitrogen and oxygen atoms in total. The zero-order valence-electron chi connectivity index (χ0n) is 16.9. The molecular formula is C21H21NO8. The lowest BCUT2D eigenvalue weighted by molar-refractivity contribution is 0.0727. The van der Waals surface area contributed by atoms with Crippen LogP contribution in [-0.4, -0.2) is 42.0 Å². The van der Waals surface area contributed by atoms with Crippen LogP contribution in [0.25, 0.3) is 0 Å². The van der Waals surface area contributed by atoms with E-state index >= 15 is 0 Å². The number of aldehydes is 1. The molecule has 158 valence electrons. The minimum absolute atomic E-state index is 0.0405. The maximum Gasteiger partial charge on any atom is 0.347 e. The number of phenolic OH excluding ortho intramolecular Hbond substituents is 2. The number of carbonyl (C=O) groups is 3. The van der Waals surface area contributed by atoms with E-state index in [-0.39, 0.29) is 57.4 Å². The first kappa shape index (κ1) is 21.1. The molecule has 0 atom stereocenters. The lowest BCUT2D eigenvalue weighted by Gasteiger charge is -2.19. The van der Waals surface area contributed by atoms with Gasteiger partial charge in [-0.2, -0.15) is 0 Å². The van der Waals surface area contributed by atoms with Crippen LogP contribution in [0, 0.1) is 13.8 Å². The Morgan fingerprint density at radius 3 is 2.50 bits per heavy atom. The number of carbonyl (C=O) groups excluding carboxylic acids is 3. The van der Waals surface area contributed by atoms with E-state index in [1.54, 1.807) is 13.8 Å². The van der Waals surface area contributed by atoms with Gasteiger partial charge in [-0.15, -0.1) is 0 Å². The Bertz CT molecular complexity index is 1070. The van der Waals surface area contributed by atoms with Crippen molar-refractivity contribution in [3.63, 3.8) is 0 Å². The normalized spacial score (nSPS) is 12.2. The molecule has 0 saturated heterocycles. The number of aryl methyl sites for hydroxylation is 1. The standard InChI is InChI=1S/C21H21NO8/c1-5-28-8-12-16(25)15(20(26)22-4)10(3)17-19(12)30-21(27)14-9(2)6-13(24)11(7-23)18(14)29-17/h6-7,24-25H,5,8H2,1-4H3,(H,22,26).